The Morgan fingerprint density at radius 2 is 1.81 bits per heavy atom. The molecule has 6 rings (SSSR count). The number of carboxylic acid groups (broad SMARTS) is 1. The molecule has 0 spiro atoms. The molecule has 0 amide bonds. The molecule has 2 aliphatic heterocycles. The first kappa shape index (κ1) is 29.2. The molecule has 7 heteroatoms. The molecule has 226 valence electrons. The molecule has 0 bridgehead atoms. The van der Waals surface area contributed by atoms with Crippen LogP contribution < -0.4 is 4.90 Å². The summed E-state index contributed by atoms with van der Waals surface area (Å²) in [5.74, 6) is 0.245. The van der Waals surface area contributed by atoms with Crippen LogP contribution in [0.25, 0.3) is 22.2 Å². The molecule has 0 radical (unpaired) electrons. The summed E-state index contributed by atoms with van der Waals surface area (Å²) < 4.78 is 13.5. The number of carbonyl (C=O) groups is 1. The molecule has 3 heterocycles. The zero-order valence-electron chi connectivity index (χ0n) is 25.4. The van der Waals surface area contributed by atoms with Crippen molar-refractivity contribution < 1.29 is 19.4 Å². The van der Waals surface area contributed by atoms with E-state index in [1.165, 1.54) is 78.4 Å². The van der Waals surface area contributed by atoms with Gasteiger partial charge in [-0.15, -0.1) is 0 Å². The van der Waals surface area contributed by atoms with Crippen LogP contribution >= 0.6 is 0 Å². The summed E-state index contributed by atoms with van der Waals surface area (Å²) in [4.78, 5) is 17.2. The summed E-state index contributed by atoms with van der Waals surface area (Å²) in [5, 5.41) is 11.1. The number of methoxy groups -OCH3 is 1. The first-order valence-electron chi connectivity index (χ1n) is 16.1. The van der Waals surface area contributed by atoms with Crippen molar-refractivity contribution in [3.63, 3.8) is 0 Å². The van der Waals surface area contributed by atoms with Crippen LogP contribution in [0.5, 0.6) is 0 Å². The van der Waals surface area contributed by atoms with Gasteiger partial charge in [0.05, 0.1) is 31.1 Å². The zero-order chi connectivity index (χ0) is 29.1. The van der Waals surface area contributed by atoms with Gasteiger partial charge in [0.25, 0.3) is 0 Å². The summed E-state index contributed by atoms with van der Waals surface area (Å²) in [6.07, 6.45) is 8.73. The van der Waals surface area contributed by atoms with E-state index >= 15 is 0 Å². The van der Waals surface area contributed by atoms with Gasteiger partial charge in [0.1, 0.15) is 0 Å². The maximum atomic E-state index is 12.0. The Bertz CT molecular complexity index is 1390. The molecule has 2 aromatic carbocycles. The quantitative estimate of drug-likeness (QED) is 0.277. The van der Waals surface area contributed by atoms with E-state index < -0.39 is 5.97 Å². The fraction of sp³-hybridized carbons (Fsp3) is 0.571. The number of aromatic nitrogens is 1. The predicted octanol–water partition coefficient (Wildman–Crippen LogP) is 6.56. The lowest BCUT2D eigenvalue weighted by molar-refractivity contribution is 0.0314. The number of benzene rings is 2. The van der Waals surface area contributed by atoms with Crippen LogP contribution in [0, 0.1) is 12.8 Å². The van der Waals surface area contributed by atoms with Crippen molar-refractivity contribution in [2.75, 3.05) is 64.6 Å². The van der Waals surface area contributed by atoms with Crippen molar-refractivity contribution in [2.45, 2.75) is 64.3 Å². The Morgan fingerprint density at radius 1 is 0.952 bits per heavy atom. The Balaban J connectivity index is 1.31. The van der Waals surface area contributed by atoms with Gasteiger partial charge in [-0.25, -0.2) is 4.79 Å². The average Bonchev–Trinajstić information content (AvgIpc) is 3.24. The summed E-state index contributed by atoms with van der Waals surface area (Å²) in [6, 6.07) is 12.7. The number of aromatic carboxylic acids is 1. The lowest BCUT2D eigenvalue weighted by Crippen LogP contribution is -2.42. The number of likely N-dealkylation sites (tertiary alicyclic amines) is 1. The van der Waals surface area contributed by atoms with Crippen LogP contribution in [0.2, 0.25) is 0 Å². The third-order valence-electron chi connectivity index (χ3n) is 9.78. The van der Waals surface area contributed by atoms with Gasteiger partial charge in [-0.05, 0) is 80.3 Å². The molecule has 7 nitrogen and oxygen atoms in total. The van der Waals surface area contributed by atoms with E-state index in [2.05, 4.69) is 45.6 Å². The van der Waals surface area contributed by atoms with Crippen LogP contribution in [-0.2, 0) is 16.0 Å². The van der Waals surface area contributed by atoms with Crippen LogP contribution in [0.15, 0.2) is 36.4 Å². The Hall–Kier alpha value is -2.87. The smallest absolute Gasteiger partial charge is 0.335 e. The van der Waals surface area contributed by atoms with Gasteiger partial charge in [-0.3, -0.25) is 0 Å². The van der Waals surface area contributed by atoms with Crippen LogP contribution in [0.4, 0.5) is 5.69 Å². The molecule has 1 N–H and O–H groups in total. The molecular weight excluding hydrogens is 526 g/mol. The second kappa shape index (κ2) is 13.2. The molecule has 0 unspecified atom stereocenters. The second-order valence-electron chi connectivity index (χ2n) is 12.7. The van der Waals surface area contributed by atoms with Crippen molar-refractivity contribution in [3.05, 3.63) is 53.1 Å². The molecule has 42 heavy (non-hydrogen) atoms. The largest absolute Gasteiger partial charge is 0.478 e. The molecule has 1 aliphatic carbocycles. The second-order valence-corrected chi connectivity index (χ2v) is 12.7. The zero-order valence-corrected chi connectivity index (χ0v) is 25.4. The minimum absolute atomic E-state index is 0.370. The highest BCUT2D eigenvalue weighted by atomic mass is 16.5. The lowest BCUT2D eigenvalue weighted by atomic mass is 9.81. The van der Waals surface area contributed by atoms with Crippen molar-refractivity contribution in [1.29, 1.82) is 0 Å². The van der Waals surface area contributed by atoms with Crippen LogP contribution in [0.3, 0.4) is 0 Å². The minimum Gasteiger partial charge on any atom is -0.478 e. The number of ether oxygens (including phenoxy) is 2. The number of rotatable bonds is 10. The van der Waals surface area contributed by atoms with Crippen molar-refractivity contribution in [2.24, 2.45) is 5.92 Å². The van der Waals surface area contributed by atoms with E-state index in [-0.39, 0.29) is 0 Å². The summed E-state index contributed by atoms with van der Waals surface area (Å²) in [7, 11) is 1.72. The normalized spacial score (nSPS) is 20.0. The molecule has 1 aromatic heterocycles. The SMILES string of the molecule is COCCOC[C@@H]1CCCN(CCN2CCn3c(c(C4CCCCC4)c4ccc(C(=O)O)cc43)-c3ccc(C)cc32)C1. The van der Waals surface area contributed by atoms with Crippen molar-refractivity contribution in [3.8, 4) is 11.3 Å². The topological polar surface area (TPSA) is 67.2 Å². The summed E-state index contributed by atoms with van der Waals surface area (Å²) >= 11 is 0. The summed E-state index contributed by atoms with van der Waals surface area (Å²) in [5.41, 5.74) is 8.12. The molecule has 3 aromatic rings. The molecule has 3 aliphatic rings. The minimum atomic E-state index is -0.859. The Morgan fingerprint density at radius 3 is 2.62 bits per heavy atom. The Labute approximate surface area is 250 Å². The number of fused-ring (bicyclic) bond motifs is 5. The van der Waals surface area contributed by atoms with Crippen molar-refractivity contribution >= 4 is 22.6 Å². The van der Waals surface area contributed by atoms with Crippen molar-refractivity contribution in [1.82, 2.24) is 9.47 Å². The maximum absolute atomic E-state index is 12.0. The molecular formula is C35H47N3O4. The van der Waals surface area contributed by atoms with E-state index in [0.717, 1.165) is 51.4 Å². The van der Waals surface area contributed by atoms with Crippen LogP contribution in [0.1, 0.15) is 72.3 Å². The van der Waals surface area contributed by atoms with E-state index in [9.17, 15) is 9.90 Å². The summed E-state index contributed by atoms with van der Waals surface area (Å²) in [6.45, 7) is 10.4. The van der Waals surface area contributed by atoms with Gasteiger partial charge in [0.15, 0.2) is 0 Å². The van der Waals surface area contributed by atoms with Gasteiger partial charge in [0.2, 0.25) is 0 Å². The number of hydrogen-bond donors (Lipinski definition) is 1. The van der Waals surface area contributed by atoms with Gasteiger partial charge < -0.3 is 28.9 Å². The molecule has 1 atom stereocenters. The first-order chi connectivity index (χ1) is 20.5. The van der Waals surface area contributed by atoms with Gasteiger partial charge >= 0.3 is 5.97 Å². The lowest BCUT2D eigenvalue weighted by Gasteiger charge is -2.35. The maximum Gasteiger partial charge on any atom is 0.335 e. The van der Waals surface area contributed by atoms with E-state index in [1.807, 2.05) is 6.07 Å². The number of hydrogen-bond acceptors (Lipinski definition) is 5. The molecule has 1 saturated carbocycles. The molecule has 1 saturated heterocycles. The number of aryl methyl sites for hydroxylation is 1. The van der Waals surface area contributed by atoms with Gasteiger partial charge in [-0.2, -0.15) is 0 Å². The van der Waals surface area contributed by atoms with Gasteiger partial charge in [0, 0.05) is 62.0 Å². The first-order valence-corrected chi connectivity index (χ1v) is 16.1. The van der Waals surface area contributed by atoms with Crippen LogP contribution in [-0.4, -0.2) is 80.2 Å². The average molecular weight is 574 g/mol. The third-order valence-corrected chi connectivity index (χ3v) is 9.78. The van der Waals surface area contributed by atoms with E-state index in [1.54, 1.807) is 13.2 Å². The Kier molecular flexibility index (Phi) is 9.17. The third kappa shape index (κ3) is 6.10. The standard InChI is InChI=1S/C35H47N3O4/c1-25-10-12-30-31(21-25)37(16-15-36-14-6-7-26(23-36)24-42-20-19-41-2)17-18-38-32-22-28(35(39)40)11-13-29(32)33(34(30)38)27-8-4-3-5-9-27/h10-13,21-22,26-27H,3-9,14-20,23-24H2,1-2H3,(H,39,40)/t26-/m1/s1. The molecule has 2 fully saturated rings. The van der Waals surface area contributed by atoms with Gasteiger partial charge in [-0.1, -0.05) is 37.5 Å². The monoisotopic (exact) mass is 573 g/mol. The predicted molar refractivity (Wildman–Crippen MR) is 169 cm³/mol. The highest BCUT2D eigenvalue weighted by molar-refractivity contribution is 5.99. The number of piperidine rings is 1. The highest BCUT2D eigenvalue weighted by Gasteiger charge is 2.31. The number of carboxylic acids is 1. The highest BCUT2D eigenvalue weighted by Crippen LogP contribution is 2.47. The fourth-order valence-corrected chi connectivity index (χ4v) is 7.66. The number of anilines is 1. The van der Waals surface area contributed by atoms with E-state index in [0.29, 0.717) is 30.6 Å². The number of nitrogens with zero attached hydrogens (tertiary/aromatic N) is 3. The fourth-order valence-electron chi connectivity index (χ4n) is 7.66. The van der Waals surface area contributed by atoms with E-state index in [4.69, 9.17) is 9.47 Å².